The molecular formula is C29H36N4O4. The van der Waals surface area contributed by atoms with Gasteiger partial charge >= 0.3 is 6.03 Å². The van der Waals surface area contributed by atoms with E-state index in [0.29, 0.717) is 18.7 Å². The second kappa shape index (κ2) is 13.2. The molecule has 8 nitrogen and oxygen atoms in total. The Morgan fingerprint density at radius 3 is 2.51 bits per heavy atom. The number of rotatable bonds is 10. The topological polar surface area (TPSA) is 83.1 Å². The maximum atomic E-state index is 13.5. The first-order valence-electron chi connectivity index (χ1n) is 12.8. The van der Waals surface area contributed by atoms with Gasteiger partial charge in [0.05, 0.1) is 26.4 Å². The maximum Gasteiger partial charge on any atom is 0.318 e. The molecule has 0 spiro atoms. The first kappa shape index (κ1) is 26.6. The molecule has 8 heteroatoms. The van der Waals surface area contributed by atoms with Crippen LogP contribution < -0.4 is 10.8 Å². The average Bonchev–Trinajstić information content (AvgIpc) is 2.93. The Kier molecular flexibility index (Phi) is 9.48. The Bertz CT molecular complexity index is 1170. The molecule has 196 valence electrons. The van der Waals surface area contributed by atoms with Gasteiger partial charge in [0, 0.05) is 38.3 Å². The van der Waals surface area contributed by atoms with Crippen molar-refractivity contribution in [3.63, 3.8) is 0 Å². The number of fused-ring (bicyclic) bond motifs is 1. The fraction of sp³-hybridized carbons (Fsp3) is 0.379. The number of urea groups is 1. The number of hydrogen-bond donors (Lipinski definition) is 2. The van der Waals surface area contributed by atoms with E-state index < -0.39 is 0 Å². The van der Waals surface area contributed by atoms with Crippen molar-refractivity contribution in [2.24, 2.45) is 0 Å². The number of carbonyl (C=O) groups excluding carboxylic acids is 2. The van der Waals surface area contributed by atoms with Crippen molar-refractivity contribution in [3.05, 3.63) is 83.4 Å². The highest BCUT2D eigenvalue weighted by Gasteiger charge is 2.19. The Hall–Kier alpha value is -3.46. The second-order valence-electron chi connectivity index (χ2n) is 9.30. The molecule has 1 aliphatic rings. The summed E-state index contributed by atoms with van der Waals surface area (Å²) in [6.45, 7) is 7.38. The van der Waals surface area contributed by atoms with Crippen LogP contribution in [0, 0.1) is 0 Å². The van der Waals surface area contributed by atoms with E-state index in [-0.39, 0.29) is 18.0 Å². The van der Waals surface area contributed by atoms with Gasteiger partial charge in [-0.05, 0) is 47.4 Å². The van der Waals surface area contributed by atoms with Gasteiger partial charge in [-0.25, -0.2) is 10.3 Å². The lowest BCUT2D eigenvalue weighted by atomic mass is 10.00. The summed E-state index contributed by atoms with van der Waals surface area (Å²) in [6, 6.07) is 21.4. The summed E-state index contributed by atoms with van der Waals surface area (Å²) in [5, 5.41) is 5.51. The van der Waals surface area contributed by atoms with Crippen LogP contribution in [0.1, 0.15) is 40.9 Å². The largest absolute Gasteiger partial charge is 0.379 e. The number of ether oxygens (including phenoxy) is 1. The highest BCUT2D eigenvalue weighted by atomic mass is 16.6. The zero-order valence-corrected chi connectivity index (χ0v) is 21.6. The normalized spacial score (nSPS) is 14.8. The number of hydrogen-bond acceptors (Lipinski definition) is 5. The zero-order valence-electron chi connectivity index (χ0n) is 21.6. The van der Waals surface area contributed by atoms with Gasteiger partial charge in [-0.1, -0.05) is 54.6 Å². The van der Waals surface area contributed by atoms with E-state index >= 15 is 0 Å². The van der Waals surface area contributed by atoms with Crippen molar-refractivity contribution in [3.8, 4) is 0 Å². The smallest absolute Gasteiger partial charge is 0.318 e. The molecule has 4 rings (SSSR count). The molecule has 3 aromatic carbocycles. The lowest BCUT2D eigenvalue weighted by Gasteiger charge is -2.29. The van der Waals surface area contributed by atoms with Crippen LogP contribution in [-0.4, -0.2) is 68.2 Å². The van der Waals surface area contributed by atoms with Gasteiger partial charge in [0.25, 0.3) is 5.91 Å². The fourth-order valence-electron chi connectivity index (χ4n) is 4.68. The van der Waals surface area contributed by atoms with Gasteiger partial charge < -0.3 is 15.0 Å². The van der Waals surface area contributed by atoms with Crippen molar-refractivity contribution in [2.75, 3.05) is 46.5 Å². The van der Waals surface area contributed by atoms with Crippen LogP contribution >= 0.6 is 0 Å². The monoisotopic (exact) mass is 504 g/mol. The van der Waals surface area contributed by atoms with Crippen molar-refractivity contribution >= 4 is 22.7 Å². The van der Waals surface area contributed by atoms with E-state index in [1.54, 1.807) is 12.1 Å². The number of amides is 3. The van der Waals surface area contributed by atoms with Crippen molar-refractivity contribution in [1.29, 1.82) is 0 Å². The van der Waals surface area contributed by atoms with Gasteiger partial charge in [-0.3, -0.25) is 14.5 Å². The summed E-state index contributed by atoms with van der Waals surface area (Å²) >= 11 is 0. The van der Waals surface area contributed by atoms with Crippen molar-refractivity contribution < 1.29 is 19.2 Å². The Morgan fingerprint density at radius 2 is 1.76 bits per heavy atom. The third kappa shape index (κ3) is 7.29. The van der Waals surface area contributed by atoms with Crippen molar-refractivity contribution in [2.45, 2.75) is 25.9 Å². The third-order valence-corrected chi connectivity index (χ3v) is 6.71. The molecule has 3 aromatic rings. The Balaban J connectivity index is 1.45. The minimum Gasteiger partial charge on any atom is -0.379 e. The molecule has 0 saturated carbocycles. The predicted octanol–water partition coefficient (Wildman–Crippen LogP) is 4.13. The molecule has 1 saturated heterocycles. The molecule has 0 radical (unpaired) electrons. The van der Waals surface area contributed by atoms with Gasteiger partial charge in [0.1, 0.15) is 0 Å². The summed E-state index contributed by atoms with van der Waals surface area (Å²) in [6.07, 6.45) is 0.865. The predicted molar refractivity (Wildman–Crippen MR) is 144 cm³/mol. The van der Waals surface area contributed by atoms with E-state index in [1.165, 1.54) is 7.11 Å². The SMILES string of the molecule is CONC(=O)c1ccc(CN(CCCN2CCOCC2)C(=O)NC(C)c2cccc3ccccc23)cc1. The van der Waals surface area contributed by atoms with Crippen LogP contribution in [0.5, 0.6) is 0 Å². The van der Waals surface area contributed by atoms with E-state index in [2.05, 4.69) is 40.0 Å². The molecular weight excluding hydrogens is 468 g/mol. The average molecular weight is 505 g/mol. The van der Waals surface area contributed by atoms with Crippen LogP contribution in [0.4, 0.5) is 4.79 Å². The number of nitrogens with zero attached hydrogens (tertiary/aromatic N) is 2. The Morgan fingerprint density at radius 1 is 1.03 bits per heavy atom. The summed E-state index contributed by atoms with van der Waals surface area (Å²) in [5.41, 5.74) is 4.86. The van der Waals surface area contributed by atoms with Crippen molar-refractivity contribution in [1.82, 2.24) is 20.6 Å². The highest BCUT2D eigenvalue weighted by molar-refractivity contribution is 5.93. The number of carbonyl (C=O) groups is 2. The molecule has 1 unspecified atom stereocenters. The first-order valence-corrected chi connectivity index (χ1v) is 12.8. The van der Waals surface area contributed by atoms with Crippen LogP contribution in [0.3, 0.4) is 0 Å². The van der Waals surface area contributed by atoms with Crippen LogP contribution in [0.15, 0.2) is 66.7 Å². The molecule has 3 amide bonds. The van der Waals surface area contributed by atoms with Crippen LogP contribution in [0.2, 0.25) is 0 Å². The van der Waals surface area contributed by atoms with Crippen LogP contribution in [0.25, 0.3) is 10.8 Å². The summed E-state index contributed by atoms with van der Waals surface area (Å²) in [4.78, 5) is 34.4. The standard InChI is InChI=1S/C29H36N4O4/c1-22(26-10-5-8-24-7-3-4-9-27(24)26)30-29(35)33(16-6-15-32-17-19-37-20-18-32)21-23-11-13-25(14-12-23)28(34)31-36-2/h3-5,7-14,22H,6,15-21H2,1-2H3,(H,30,35)(H,31,34). The van der Waals surface area contributed by atoms with Gasteiger partial charge in [-0.2, -0.15) is 0 Å². The zero-order chi connectivity index (χ0) is 26.0. The molecule has 1 aliphatic heterocycles. The van der Waals surface area contributed by atoms with Gasteiger partial charge in [-0.15, -0.1) is 0 Å². The summed E-state index contributed by atoms with van der Waals surface area (Å²) in [7, 11) is 1.40. The quantitative estimate of drug-likeness (QED) is 0.406. The maximum absolute atomic E-state index is 13.5. The molecule has 1 heterocycles. The lowest BCUT2D eigenvalue weighted by molar-refractivity contribution is 0.0364. The fourth-order valence-corrected chi connectivity index (χ4v) is 4.68. The summed E-state index contributed by atoms with van der Waals surface area (Å²) < 4.78 is 5.45. The van der Waals surface area contributed by atoms with Gasteiger partial charge in [0.2, 0.25) is 0 Å². The number of nitrogens with one attached hydrogen (secondary N) is 2. The molecule has 37 heavy (non-hydrogen) atoms. The number of morpholine rings is 1. The molecule has 0 aliphatic carbocycles. The number of benzene rings is 3. The van der Waals surface area contributed by atoms with E-state index in [9.17, 15) is 9.59 Å². The molecule has 1 atom stereocenters. The van der Waals surface area contributed by atoms with Gasteiger partial charge in [0.15, 0.2) is 0 Å². The van der Waals surface area contributed by atoms with E-state index in [4.69, 9.17) is 9.57 Å². The molecule has 0 bridgehead atoms. The van der Waals surface area contributed by atoms with E-state index in [0.717, 1.165) is 61.2 Å². The minimum atomic E-state index is -0.307. The lowest BCUT2D eigenvalue weighted by Crippen LogP contribution is -2.43. The number of hydroxylamine groups is 1. The highest BCUT2D eigenvalue weighted by Crippen LogP contribution is 2.24. The molecule has 1 fully saturated rings. The molecule has 0 aromatic heterocycles. The van der Waals surface area contributed by atoms with E-state index in [1.807, 2.05) is 42.2 Å². The minimum absolute atomic E-state index is 0.108. The third-order valence-electron chi connectivity index (χ3n) is 6.71. The Labute approximate surface area is 218 Å². The first-order chi connectivity index (χ1) is 18.0. The molecule has 2 N–H and O–H groups in total. The summed E-state index contributed by atoms with van der Waals surface area (Å²) in [5.74, 6) is -0.307. The second-order valence-corrected chi connectivity index (χ2v) is 9.30. The van der Waals surface area contributed by atoms with Crippen LogP contribution in [-0.2, 0) is 16.1 Å².